The Morgan fingerprint density at radius 3 is 2.32 bits per heavy atom. The van der Waals surface area contributed by atoms with Gasteiger partial charge in [-0.3, -0.25) is 0 Å². The quantitative estimate of drug-likeness (QED) is 0.388. The fraction of sp³-hybridized carbons (Fsp3) is 0.400. The normalized spacial score (nSPS) is 23.6. The molecule has 1 fully saturated rings. The third-order valence-corrected chi connectivity index (χ3v) is 7.63. The Morgan fingerprint density at radius 1 is 0.842 bits per heavy atom. The van der Waals surface area contributed by atoms with Crippen molar-refractivity contribution in [3.8, 4) is 34.5 Å². The van der Waals surface area contributed by atoms with Crippen LogP contribution in [0.15, 0.2) is 54.6 Å². The highest BCUT2D eigenvalue weighted by Gasteiger charge is 2.42. The van der Waals surface area contributed by atoms with Crippen LogP contribution in [0.1, 0.15) is 55.8 Å². The van der Waals surface area contributed by atoms with Gasteiger partial charge < -0.3 is 38.6 Å². The molecular formula is C30H34O8. The predicted octanol–water partition coefficient (Wildman–Crippen LogP) is 5.72. The second kappa shape index (κ2) is 10.6. The monoisotopic (exact) mass is 522 g/mol. The highest BCUT2D eigenvalue weighted by atomic mass is 16.7. The number of phenols is 1. The van der Waals surface area contributed by atoms with Crippen molar-refractivity contribution in [2.24, 2.45) is 11.8 Å². The lowest BCUT2D eigenvalue weighted by molar-refractivity contribution is 0.0274. The van der Waals surface area contributed by atoms with E-state index < -0.39 is 12.2 Å². The lowest BCUT2D eigenvalue weighted by Crippen LogP contribution is -2.21. The molecule has 0 radical (unpaired) electrons. The third-order valence-electron chi connectivity index (χ3n) is 7.63. The lowest BCUT2D eigenvalue weighted by atomic mass is 9.85. The van der Waals surface area contributed by atoms with Gasteiger partial charge in [-0.15, -0.1) is 0 Å². The van der Waals surface area contributed by atoms with Crippen LogP contribution in [0.25, 0.3) is 0 Å². The van der Waals surface area contributed by atoms with E-state index >= 15 is 0 Å². The second-order valence-corrected chi connectivity index (χ2v) is 9.91. The predicted molar refractivity (Wildman–Crippen MR) is 140 cm³/mol. The third kappa shape index (κ3) is 4.81. The summed E-state index contributed by atoms with van der Waals surface area (Å²) in [5, 5.41) is 20.9. The molecule has 3 aromatic rings. The first-order valence-electron chi connectivity index (χ1n) is 12.7. The topological polar surface area (TPSA) is 95.8 Å². The molecule has 38 heavy (non-hydrogen) atoms. The first kappa shape index (κ1) is 26.0. The largest absolute Gasteiger partial charge is 0.504 e. The summed E-state index contributed by atoms with van der Waals surface area (Å²) in [6.07, 6.45) is -1.81. The van der Waals surface area contributed by atoms with Gasteiger partial charge >= 0.3 is 0 Å². The summed E-state index contributed by atoms with van der Waals surface area (Å²) in [6.45, 7) is 6.40. The molecule has 6 atom stereocenters. The second-order valence-electron chi connectivity index (χ2n) is 9.91. The zero-order chi connectivity index (χ0) is 27.0. The van der Waals surface area contributed by atoms with Gasteiger partial charge in [-0.2, -0.15) is 0 Å². The number of aliphatic hydroxyl groups is 1. The van der Waals surface area contributed by atoms with E-state index in [1.165, 1.54) is 13.2 Å². The molecule has 0 saturated carbocycles. The van der Waals surface area contributed by atoms with Crippen LogP contribution >= 0.6 is 0 Å². The average molecular weight is 523 g/mol. The van der Waals surface area contributed by atoms with Crippen LogP contribution < -0.4 is 23.7 Å². The average Bonchev–Trinajstić information content (AvgIpc) is 3.51. The van der Waals surface area contributed by atoms with Gasteiger partial charge in [0.1, 0.15) is 23.7 Å². The Labute approximate surface area is 222 Å². The van der Waals surface area contributed by atoms with Crippen molar-refractivity contribution in [1.82, 2.24) is 0 Å². The van der Waals surface area contributed by atoms with Crippen LogP contribution in [0, 0.1) is 11.8 Å². The molecular weight excluding hydrogens is 488 g/mol. The molecule has 2 aliphatic rings. The SMILES string of the molecule is COc1ccc([C@@H](O)[C@@H](C)Oc2ccc([C@H]3O[C@H](c4ccc5c(c4)OCO5)[C@H](C)[C@H]3C)c(OC)c2)cc1O. The van der Waals surface area contributed by atoms with Crippen LogP contribution in [0.2, 0.25) is 0 Å². The highest BCUT2D eigenvalue weighted by molar-refractivity contribution is 5.47. The minimum atomic E-state index is -0.959. The standard InChI is InChI=1S/C30H34O8/c1-16-17(2)30(38-29(16)20-7-11-25-27(13-20)36-15-35-25)22-9-8-21(14-26(22)34-5)37-18(3)28(32)19-6-10-24(33-4)23(31)12-19/h6-14,16-18,28-32H,15H2,1-5H3/t16-,17-,18-,28+,29+,30+/m1/s1. The molecule has 2 aliphatic heterocycles. The molecule has 8 nitrogen and oxygen atoms in total. The Bertz CT molecular complexity index is 1290. The van der Waals surface area contributed by atoms with Gasteiger partial charge in [-0.05, 0) is 66.3 Å². The molecule has 5 rings (SSSR count). The number of hydrogen-bond donors (Lipinski definition) is 2. The van der Waals surface area contributed by atoms with E-state index in [0.717, 1.165) is 22.6 Å². The maximum Gasteiger partial charge on any atom is 0.231 e. The Hall–Kier alpha value is -3.62. The van der Waals surface area contributed by atoms with E-state index in [-0.39, 0.29) is 36.6 Å². The Kier molecular flexibility index (Phi) is 7.27. The molecule has 2 heterocycles. The maximum absolute atomic E-state index is 10.8. The molecule has 3 aromatic carbocycles. The number of benzene rings is 3. The minimum absolute atomic E-state index is 0.0405. The van der Waals surface area contributed by atoms with Crippen LogP contribution in [0.5, 0.6) is 34.5 Å². The maximum atomic E-state index is 10.8. The highest BCUT2D eigenvalue weighted by Crippen LogP contribution is 2.52. The van der Waals surface area contributed by atoms with Crippen molar-refractivity contribution in [2.45, 2.75) is 45.2 Å². The fourth-order valence-corrected chi connectivity index (χ4v) is 5.23. The van der Waals surface area contributed by atoms with Crippen LogP contribution in [0.4, 0.5) is 0 Å². The van der Waals surface area contributed by atoms with Gasteiger partial charge in [0, 0.05) is 11.6 Å². The number of fused-ring (bicyclic) bond motifs is 1. The van der Waals surface area contributed by atoms with E-state index in [1.54, 1.807) is 26.2 Å². The number of hydrogen-bond acceptors (Lipinski definition) is 8. The molecule has 0 amide bonds. The minimum Gasteiger partial charge on any atom is -0.504 e. The molecule has 0 bridgehead atoms. The van der Waals surface area contributed by atoms with Crippen molar-refractivity contribution < 1.29 is 38.6 Å². The summed E-state index contributed by atoms with van der Waals surface area (Å²) in [5.41, 5.74) is 2.52. The summed E-state index contributed by atoms with van der Waals surface area (Å²) >= 11 is 0. The Morgan fingerprint density at radius 2 is 1.58 bits per heavy atom. The number of methoxy groups -OCH3 is 2. The lowest BCUT2D eigenvalue weighted by Gasteiger charge is -2.23. The van der Waals surface area contributed by atoms with Gasteiger partial charge in [0.15, 0.2) is 23.0 Å². The van der Waals surface area contributed by atoms with Crippen LogP contribution in [0.3, 0.4) is 0 Å². The number of aromatic hydroxyl groups is 1. The fourth-order valence-electron chi connectivity index (χ4n) is 5.23. The molecule has 8 heteroatoms. The van der Waals surface area contributed by atoms with E-state index in [1.807, 2.05) is 36.4 Å². The van der Waals surface area contributed by atoms with Crippen molar-refractivity contribution in [3.05, 3.63) is 71.3 Å². The van der Waals surface area contributed by atoms with E-state index in [9.17, 15) is 10.2 Å². The van der Waals surface area contributed by atoms with Crippen molar-refractivity contribution in [2.75, 3.05) is 21.0 Å². The Balaban J connectivity index is 1.32. The van der Waals surface area contributed by atoms with Gasteiger partial charge in [0.05, 0.1) is 26.4 Å². The van der Waals surface area contributed by atoms with Crippen LogP contribution in [-0.4, -0.2) is 37.3 Å². The number of phenolic OH excluding ortho intramolecular Hbond substituents is 1. The van der Waals surface area contributed by atoms with Gasteiger partial charge in [-0.25, -0.2) is 0 Å². The van der Waals surface area contributed by atoms with E-state index in [0.29, 0.717) is 22.8 Å². The summed E-state index contributed by atoms with van der Waals surface area (Å²) < 4.78 is 34.5. The van der Waals surface area contributed by atoms with Gasteiger partial charge in [-0.1, -0.05) is 26.0 Å². The molecule has 0 unspecified atom stereocenters. The van der Waals surface area contributed by atoms with Crippen molar-refractivity contribution in [3.63, 3.8) is 0 Å². The number of aliphatic hydroxyl groups excluding tert-OH is 1. The van der Waals surface area contributed by atoms with E-state index in [2.05, 4.69) is 13.8 Å². The van der Waals surface area contributed by atoms with Crippen LogP contribution in [-0.2, 0) is 4.74 Å². The summed E-state index contributed by atoms with van der Waals surface area (Å²) in [6, 6.07) is 16.4. The first-order chi connectivity index (χ1) is 18.3. The first-order valence-corrected chi connectivity index (χ1v) is 12.7. The van der Waals surface area contributed by atoms with Crippen molar-refractivity contribution in [1.29, 1.82) is 0 Å². The summed E-state index contributed by atoms with van der Waals surface area (Å²) in [5.74, 6) is 3.50. The zero-order valence-corrected chi connectivity index (χ0v) is 22.2. The molecule has 0 spiro atoms. The number of ether oxygens (including phenoxy) is 6. The van der Waals surface area contributed by atoms with Gasteiger partial charge in [0.2, 0.25) is 6.79 Å². The molecule has 0 aliphatic carbocycles. The number of rotatable bonds is 8. The summed E-state index contributed by atoms with van der Waals surface area (Å²) in [7, 11) is 3.10. The molecule has 0 aromatic heterocycles. The molecule has 202 valence electrons. The summed E-state index contributed by atoms with van der Waals surface area (Å²) in [4.78, 5) is 0. The van der Waals surface area contributed by atoms with Gasteiger partial charge in [0.25, 0.3) is 0 Å². The molecule has 1 saturated heterocycles. The molecule has 2 N–H and O–H groups in total. The zero-order valence-electron chi connectivity index (χ0n) is 22.2. The smallest absolute Gasteiger partial charge is 0.231 e. The van der Waals surface area contributed by atoms with E-state index in [4.69, 9.17) is 28.4 Å². The van der Waals surface area contributed by atoms with Crippen molar-refractivity contribution >= 4 is 0 Å².